The molecule has 7 rings (SSSR count). The highest BCUT2D eigenvalue weighted by atomic mass is 32.2. The van der Waals surface area contributed by atoms with Gasteiger partial charge in [0.15, 0.2) is 0 Å². The normalized spacial score (nSPS) is 30.8. The largest absolute Gasteiger partial charge is 0.444 e. The van der Waals surface area contributed by atoms with Crippen molar-refractivity contribution in [2.75, 3.05) is 6.54 Å². The summed E-state index contributed by atoms with van der Waals surface area (Å²) in [5.74, 6) is -2.70. The summed E-state index contributed by atoms with van der Waals surface area (Å²) in [6.45, 7) is 8.24. The molecular formula is C39H52N6O8S. The van der Waals surface area contributed by atoms with Crippen LogP contribution in [0.25, 0.3) is 6.08 Å². The third-order valence-corrected chi connectivity index (χ3v) is 13.8. The summed E-state index contributed by atoms with van der Waals surface area (Å²) < 4.78 is 33.6. The zero-order valence-electron chi connectivity index (χ0n) is 31.1. The Hall–Kier alpha value is -4.40. The van der Waals surface area contributed by atoms with Gasteiger partial charge in [0.2, 0.25) is 21.8 Å². The molecule has 0 radical (unpaired) electrons. The number of carbonyl (C=O) groups excluding carboxylic acids is 5. The number of hydrogen-bond donors (Lipinski definition) is 4. The summed E-state index contributed by atoms with van der Waals surface area (Å²) in [5, 5.41) is 8.18. The van der Waals surface area contributed by atoms with Crippen molar-refractivity contribution in [3.63, 3.8) is 0 Å². The monoisotopic (exact) mass is 764 g/mol. The predicted octanol–water partition coefficient (Wildman–Crippen LogP) is 3.61. The Labute approximate surface area is 316 Å². The molecular weight excluding hydrogens is 713 g/mol. The molecule has 0 unspecified atom stereocenters. The number of benzene rings is 1. The van der Waals surface area contributed by atoms with Gasteiger partial charge < -0.3 is 25.6 Å². The van der Waals surface area contributed by atoms with E-state index in [2.05, 4.69) is 33.3 Å². The standard InChI is InChI=1S/C39H52N6O8S/c1-4-27-20-39(27,35(48)43-54(51,52)29-16-17-29)41-33(46)31-19-28-22-45(31)34(47)32(25-12-6-5-7-13-25)40-36(49)42-38(2,3)18-9-8-11-24-14-10-15-26-21-44(23-30(24)26)37(50)53-28/h4,8,10-11,14-15,25,27-29,31-32H,1,5-7,9,12-13,16-23H2,2-3H3,(H,41,46)(H,43,48)(H2,40,42,49)/b11-8+/t27-,28+,31-,32-,39+/m0/s1. The number of nitrogens with zero attached hydrogens (tertiary/aromatic N) is 2. The van der Waals surface area contributed by atoms with Crippen LogP contribution in [0.1, 0.15) is 101 Å². The highest BCUT2D eigenvalue weighted by Crippen LogP contribution is 2.45. The second-order valence-corrected chi connectivity index (χ2v) is 18.5. The number of allylic oxidation sites excluding steroid dienone is 1. The van der Waals surface area contributed by atoms with Crippen molar-refractivity contribution in [1.29, 1.82) is 0 Å². The average Bonchev–Trinajstić information content (AvgIpc) is 4.02. The van der Waals surface area contributed by atoms with Gasteiger partial charge in [0.25, 0.3) is 5.91 Å². The quantitative estimate of drug-likeness (QED) is 0.304. The first-order valence-electron chi connectivity index (χ1n) is 19.3. The topological polar surface area (TPSA) is 183 Å². The van der Waals surface area contributed by atoms with E-state index < -0.39 is 80.3 Å². The van der Waals surface area contributed by atoms with Gasteiger partial charge in [0, 0.05) is 24.4 Å². The van der Waals surface area contributed by atoms with Crippen LogP contribution >= 0.6 is 0 Å². The predicted molar refractivity (Wildman–Crippen MR) is 200 cm³/mol. The summed E-state index contributed by atoms with van der Waals surface area (Å²) in [6.07, 6.45) is 10.7. The molecule has 54 heavy (non-hydrogen) atoms. The maximum absolute atomic E-state index is 14.7. The van der Waals surface area contributed by atoms with E-state index in [1.54, 1.807) is 4.90 Å². The zero-order valence-corrected chi connectivity index (χ0v) is 31.9. The molecule has 1 saturated heterocycles. The lowest BCUT2D eigenvalue weighted by Crippen LogP contribution is -2.61. The van der Waals surface area contributed by atoms with Crippen molar-refractivity contribution < 1.29 is 37.1 Å². The van der Waals surface area contributed by atoms with Gasteiger partial charge in [-0.05, 0) is 81.4 Å². The van der Waals surface area contributed by atoms with Crippen LogP contribution in [0.2, 0.25) is 0 Å². The van der Waals surface area contributed by atoms with Crippen LogP contribution in [-0.4, -0.2) is 89.1 Å². The molecule has 14 nitrogen and oxygen atoms in total. The Balaban J connectivity index is 1.19. The van der Waals surface area contributed by atoms with Gasteiger partial charge >= 0.3 is 12.1 Å². The van der Waals surface area contributed by atoms with E-state index in [0.717, 1.165) is 36.0 Å². The third kappa shape index (κ3) is 7.87. The van der Waals surface area contributed by atoms with Crippen molar-refractivity contribution in [3.05, 3.63) is 53.6 Å². The van der Waals surface area contributed by atoms with Crippen LogP contribution in [0.3, 0.4) is 0 Å². The van der Waals surface area contributed by atoms with Gasteiger partial charge in [0.05, 0.1) is 18.3 Å². The lowest BCUT2D eigenvalue weighted by Gasteiger charge is -2.36. The highest BCUT2D eigenvalue weighted by Gasteiger charge is 2.62. The molecule has 4 bridgehead atoms. The Kier molecular flexibility index (Phi) is 10.3. The molecule has 5 atom stereocenters. The molecule has 6 aliphatic rings. The second kappa shape index (κ2) is 14.7. The molecule has 292 valence electrons. The Morgan fingerprint density at radius 1 is 1.06 bits per heavy atom. The maximum atomic E-state index is 14.7. The first-order chi connectivity index (χ1) is 25.7. The smallest absolute Gasteiger partial charge is 0.410 e. The summed E-state index contributed by atoms with van der Waals surface area (Å²) in [5.41, 5.74) is 0.850. The van der Waals surface area contributed by atoms with E-state index in [0.29, 0.717) is 51.6 Å². The van der Waals surface area contributed by atoms with E-state index in [1.807, 2.05) is 38.1 Å². The molecule has 3 aliphatic heterocycles. The van der Waals surface area contributed by atoms with E-state index in [1.165, 1.54) is 11.0 Å². The van der Waals surface area contributed by atoms with E-state index in [4.69, 9.17) is 4.74 Å². The molecule has 3 saturated carbocycles. The Morgan fingerprint density at radius 3 is 2.52 bits per heavy atom. The Bertz CT molecular complexity index is 1850. The first-order valence-corrected chi connectivity index (χ1v) is 20.9. The minimum absolute atomic E-state index is 0.0501. The number of rotatable bonds is 7. The molecule has 3 aliphatic carbocycles. The van der Waals surface area contributed by atoms with Gasteiger partial charge in [-0.15, -0.1) is 6.58 Å². The minimum atomic E-state index is -3.90. The Morgan fingerprint density at radius 2 is 1.81 bits per heavy atom. The molecule has 4 N–H and O–H groups in total. The fourth-order valence-corrected chi connectivity index (χ4v) is 9.94. The van der Waals surface area contributed by atoms with Crippen molar-refractivity contribution in [2.24, 2.45) is 11.8 Å². The summed E-state index contributed by atoms with van der Waals surface area (Å²) in [7, 11) is -3.90. The van der Waals surface area contributed by atoms with Gasteiger partial charge in [-0.1, -0.05) is 55.7 Å². The van der Waals surface area contributed by atoms with Crippen LogP contribution in [0, 0.1) is 11.8 Å². The first kappa shape index (κ1) is 37.9. The summed E-state index contributed by atoms with van der Waals surface area (Å²) >= 11 is 0. The van der Waals surface area contributed by atoms with Crippen LogP contribution in [0.4, 0.5) is 9.59 Å². The van der Waals surface area contributed by atoms with Crippen LogP contribution in [0.5, 0.6) is 0 Å². The molecule has 6 amide bonds. The van der Waals surface area contributed by atoms with Crippen LogP contribution in [-0.2, 0) is 42.2 Å². The van der Waals surface area contributed by atoms with Crippen molar-refractivity contribution >= 4 is 45.9 Å². The van der Waals surface area contributed by atoms with Gasteiger partial charge in [-0.25, -0.2) is 18.0 Å². The minimum Gasteiger partial charge on any atom is -0.444 e. The molecule has 1 aromatic rings. The molecule has 1 aromatic carbocycles. The molecule has 15 heteroatoms. The number of carbonyl (C=O) groups is 5. The van der Waals surface area contributed by atoms with Crippen LogP contribution < -0.4 is 20.7 Å². The molecule has 0 spiro atoms. The fraction of sp³-hybridized carbons (Fsp3) is 0.615. The van der Waals surface area contributed by atoms with E-state index >= 15 is 0 Å². The third-order valence-electron chi connectivity index (χ3n) is 12.0. The number of nitrogens with one attached hydrogen (secondary N) is 4. The maximum Gasteiger partial charge on any atom is 0.410 e. The molecule has 3 heterocycles. The highest BCUT2D eigenvalue weighted by molar-refractivity contribution is 7.91. The lowest BCUT2D eigenvalue weighted by atomic mass is 9.83. The zero-order chi connectivity index (χ0) is 38.4. The van der Waals surface area contributed by atoms with Gasteiger partial charge in [0.1, 0.15) is 23.7 Å². The molecule has 0 aromatic heterocycles. The fourth-order valence-electron chi connectivity index (χ4n) is 8.57. The van der Waals surface area contributed by atoms with Crippen molar-refractivity contribution in [2.45, 2.75) is 132 Å². The summed E-state index contributed by atoms with van der Waals surface area (Å²) in [6, 6.07) is 3.32. The van der Waals surface area contributed by atoms with Crippen LogP contribution in [0.15, 0.2) is 36.9 Å². The van der Waals surface area contributed by atoms with Gasteiger partial charge in [-0.3, -0.25) is 24.0 Å². The number of fused-ring (bicyclic) bond motifs is 3. The number of ether oxygens (including phenoxy) is 1. The van der Waals surface area contributed by atoms with E-state index in [9.17, 15) is 32.4 Å². The summed E-state index contributed by atoms with van der Waals surface area (Å²) in [4.78, 5) is 72.9. The number of sulfonamides is 1. The number of urea groups is 1. The average molecular weight is 765 g/mol. The molecule has 4 fully saturated rings. The SMILES string of the molecule is C=C[C@H]1C[C@]1(NC(=O)[C@@H]1C[C@@H]2CN1C(=O)[C@H](C1CCCCC1)NC(=O)NC(C)(C)CC/C=C/c1cccc3c1CN(C3)C(=O)O2)C(=O)NS(=O)(=O)C1CC1. The van der Waals surface area contributed by atoms with E-state index in [-0.39, 0.29) is 25.3 Å². The van der Waals surface area contributed by atoms with Crippen molar-refractivity contribution in [3.8, 4) is 0 Å². The number of amides is 6. The lowest BCUT2D eigenvalue weighted by molar-refractivity contribution is -0.142. The van der Waals surface area contributed by atoms with Gasteiger partial charge in [-0.2, -0.15) is 0 Å². The number of hydrogen-bond acceptors (Lipinski definition) is 8. The second-order valence-electron chi connectivity index (χ2n) is 16.6. The van der Waals surface area contributed by atoms with Crippen molar-refractivity contribution in [1.82, 2.24) is 30.5 Å².